The van der Waals surface area contributed by atoms with Gasteiger partial charge in [-0.15, -0.1) is 0 Å². The van der Waals surface area contributed by atoms with E-state index in [0.717, 1.165) is 70.6 Å². The smallest absolute Gasteiger partial charge is 0.462 e. The molecule has 0 aromatic carbocycles. The third-order valence-electron chi connectivity index (χ3n) is 16.0. The summed E-state index contributed by atoms with van der Waals surface area (Å²) in [6.45, 7) is 4.36. The normalized spacial score (nSPS) is 13.5. The molecular weight excluding hydrogens is 1060 g/mol. The standard InChI is InChI=1S/C74H138NO8P/c1-6-8-10-12-14-16-18-20-22-24-26-28-29-30-31-32-33-34-35-36-37-38-39-40-41-42-43-44-45-47-48-50-52-54-56-58-60-62-64-66-73(76)80-70-72(71-82-84(78,79)81-69-68-75(3,4)5)83-74(77)67-65-63-61-59-57-55-53-51-49-46-27-25-23-21-19-17-15-13-11-9-7-2/h9,11,15,17,21,23-24,26-27,46,72H,6-8,10,12-14,16,18-20,22,25,28-45,47-71H2,1-5H3/p+1/b11-9-,17-15-,23-21-,26-24-,46-27-. The highest BCUT2D eigenvalue weighted by atomic mass is 31.2. The van der Waals surface area contributed by atoms with Crippen molar-refractivity contribution in [2.45, 2.75) is 354 Å². The molecule has 2 atom stereocenters. The van der Waals surface area contributed by atoms with Crippen LogP contribution in [0.2, 0.25) is 0 Å². The van der Waals surface area contributed by atoms with Gasteiger partial charge in [0.25, 0.3) is 0 Å². The molecule has 0 fully saturated rings. The molecule has 0 saturated heterocycles. The van der Waals surface area contributed by atoms with Crippen molar-refractivity contribution in [3.63, 3.8) is 0 Å². The Morgan fingerprint density at radius 1 is 0.381 bits per heavy atom. The van der Waals surface area contributed by atoms with Crippen LogP contribution in [-0.2, 0) is 32.7 Å². The highest BCUT2D eigenvalue weighted by Crippen LogP contribution is 2.43. The van der Waals surface area contributed by atoms with Crippen molar-refractivity contribution < 1.29 is 42.1 Å². The summed E-state index contributed by atoms with van der Waals surface area (Å²) in [6, 6.07) is 0. The molecule has 0 rings (SSSR count). The number of carbonyl (C=O) groups excluding carboxylic acids is 2. The van der Waals surface area contributed by atoms with E-state index < -0.39 is 26.5 Å². The number of unbranched alkanes of at least 4 members (excludes halogenated alkanes) is 43. The summed E-state index contributed by atoms with van der Waals surface area (Å²) in [5.41, 5.74) is 0. The molecule has 0 saturated carbocycles. The third kappa shape index (κ3) is 68.8. The van der Waals surface area contributed by atoms with E-state index in [1.165, 1.54) is 244 Å². The van der Waals surface area contributed by atoms with Gasteiger partial charge in [-0.3, -0.25) is 18.6 Å². The maximum absolute atomic E-state index is 12.8. The number of ether oxygens (including phenoxy) is 2. The molecule has 0 aliphatic heterocycles. The van der Waals surface area contributed by atoms with Gasteiger partial charge < -0.3 is 18.9 Å². The van der Waals surface area contributed by atoms with Gasteiger partial charge in [0.1, 0.15) is 19.8 Å². The molecule has 492 valence electrons. The fourth-order valence-electron chi connectivity index (χ4n) is 10.5. The van der Waals surface area contributed by atoms with E-state index in [0.29, 0.717) is 17.4 Å². The van der Waals surface area contributed by atoms with E-state index in [4.69, 9.17) is 18.5 Å². The number of phosphoric ester groups is 1. The van der Waals surface area contributed by atoms with Crippen LogP contribution in [-0.4, -0.2) is 74.9 Å². The van der Waals surface area contributed by atoms with Crippen LogP contribution < -0.4 is 0 Å². The number of quaternary nitrogens is 1. The van der Waals surface area contributed by atoms with Crippen LogP contribution >= 0.6 is 7.82 Å². The van der Waals surface area contributed by atoms with Crippen molar-refractivity contribution in [1.82, 2.24) is 0 Å². The molecule has 0 aliphatic rings. The van der Waals surface area contributed by atoms with Crippen molar-refractivity contribution in [3.05, 3.63) is 60.8 Å². The lowest BCUT2D eigenvalue weighted by molar-refractivity contribution is -0.870. The van der Waals surface area contributed by atoms with Gasteiger partial charge in [0.05, 0.1) is 27.7 Å². The first-order valence-electron chi connectivity index (χ1n) is 36.0. The zero-order valence-corrected chi connectivity index (χ0v) is 57.0. The highest BCUT2D eigenvalue weighted by molar-refractivity contribution is 7.47. The third-order valence-corrected chi connectivity index (χ3v) is 17.0. The van der Waals surface area contributed by atoms with E-state index in [1.807, 2.05) is 21.1 Å². The first-order chi connectivity index (χ1) is 41.0. The summed E-state index contributed by atoms with van der Waals surface area (Å²) in [4.78, 5) is 35.8. The Labute approximate surface area is 521 Å². The SMILES string of the molecule is CC/C=C\C/C=C\C/C=C\C/C=C\CCCCCCCCCCC(=O)OC(COC(=O)CCCCCCCCCCCCCCCCCCCCCCCCCCCCC/C=C\CCCCCCCCCC)COP(=O)(O)OCC[N+](C)(C)C. The second-order valence-corrected chi connectivity index (χ2v) is 27.0. The molecule has 0 heterocycles. The van der Waals surface area contributed by atoms with Crippen LogP contribution in [0.3, 0.4) is 0 Å². The second-order valence-electron chi connectivity index (χ2n) is 25.6. The minimum Gasteiger partial charge on any atom is -0.462 e. The van der Waals surface area contributed by atoms with Gasteiger partial charge in [-0.05, 0) is 77.0 Å². The maximum atomic E-state index is 12.8. The lowest BCUT2D eigenvalue weighted by Crippen LogP contribution is -2.37. The molecule has 0 aliphatic carbocycles. The second kappa shape index (κ2) is 65.2. The van der Waals surface area contributed by atoms with Gasteiger partial charge >= 0.3 is 19.8 Å². The summed E-state index contributed by atoms with van der Waals surface area (Å²) in [6.07, 6.45) is 86.4. The first-order valence-corrected chi connectivity index (χ1v) is 37.5. The van der Waals surface area contributed by atoms with Gasteiger partial charge in [0.2, 0.25) is 0 Å². The van der Waals surface area contributed by atoms with Crippen LogP contribution in [0.15, 0.2) is 60.8 Å². The number of phosphoric acid groups is 1. The van der Waals surface area contributed by atoms with Crippen LogP contribution in [0.25, 0.3) is 0 Å². The van der Waals surface area contributed by atoms with Gasteiger partial charge in [-0.2, -0.15) is 0 Å². The van der Waals surface area contributed by atoms with Gasteiger partial charge in [-0.25, -0.2) is 4.57 Å². The Morgan fingerprint density at radius 2 is 0.679 bits per heavy atom. The van der Waals surface area contributed by atoms with Gasteiger partial charge in [-0.1, -0.05) is 319 Å². The van der Waals surface area contributed by atoms with Crippen molar-refractivity contribution >= 4 is 19.8 Å². The average molecular weight is 1200 g/mol. The average Bonchev–Trinajstić information content (AvgIpc) is 3.61. The Morgan fingerprint density at radius 3 is 1.02 bits per heavy atom. The molecule has 9 nitrogen and oxygen atoms in total. The zero-order valence-electron chi connectivity index (χ0n) is 56.1. The molecule has 0 aromatic rings. The number of carbonyl (C=O) groups is 2. The quantitative estimate of drug-likeness (QED) is 0.0211. The fraction of sp³-hybridized carbons (Fsp3) is 0.838. The molecule has 0 bridgehead atoms. The summed E-state index contributed by atoms with van der Waals surface area (Å²) >= 11 is 0. The largest absolute Gasteiger partial charge is 0.472 e. The van der Waals surface area contributed by atoms with E-state index in [1.54, 1.807) is 0 Å². The molecule has 0 amide bonds. The maximum Gasteiger partial charge on any atom is 0.472 e. The van der Waals surface area contributed by atoms with Crippen LogP contribution in [0.5, 0.6) is 0 Å². The minimum absolute atomic E-state index is 0.0297. The Bertz CT molecular complexity index is 1600. The highest BCUT2D eigenvalue weighted by Gasteiger charge is 2.27. The number of likely N-dealkylation sites (N-methyl/N-ethyl adjacent to an activating group) is 1. The lowest BCUT2D eigenvalue weighted by Gasteiger charge is -2.24. The van der Waals surface area contributed by atoms with Crippen molar-refractivity contribution in [2.75, 3.05) is 47.5 Å². The van der Waals surface area contributed by atoms with Crippen LogP contribution in [0.4, 0.5) is 0 Å². The number of hydrogen-bond acceptors (Lipinski definition) is 7. The number of rotatable bonds is 67. The first kappa shape index (κ1) is 81.7. The molecule has 1 N–H and O–H groups in total. The van der Waals surface area contributed by atoms with Gasteiger partial charge in [0.15, 0.2) is 6.10 Å². The topological polar surface area (TPSA) is 108 Å². The van der Waals surface area contributed by atoms with E-state index >= 15 is 0 Å². The predicted molar refractivity (Wildman–Crippen MR) is 363 cm³/mol. The molecule has 84 heavy (non-hydrogen) atoms. The minimum atomic E-state index is -4.39. The zero-order chi connectivity index (χ0) is 61.2. The number of hydrogen-bond donors (Lipinski definition) is 1. The Hall–Kier alpha value is -2.29. The summed E-state index contributed by atoms with van der Waals surface area (Å²) < 4.78 is 34.7. The molecule has 0 aromatic heterocycles. The van der Waals surface area contributed by atoms with Crippen LogP contribution in [0, 0.1) is 0 Å². The number of allylic oxidation sites excluding steroid dienone is 10. The summed E-state index contributed by atoms with van der Waals surface area (Å²) in [7, 11) is 1.48. The van der Waals surface area contributed by atoms with Crippen molar-refractivity contribution in [3.8, 4) is 0 Å². The fourth-order valence-corrected chi connectivity index (χ4v) is 11.3. The lowest BCUT2D eigenvalue weighted by atomic mass is 10.0. The van der Waals surface area contributed by atoms with E-state index in [9.17, 15) is 19.0 Å². The van der Waals surface area contributed by atoms with Crippen LogP contribution in [0.1, 0.15) is 348 Å². The number of nitrogens with zero attached hydrogens (tertiary/aromatic N) is 1. The molecule has 0 spiro atoms. The monoisotopic (exact) mass is 1200 g/mol. The van der Waals surface area contributed by atoms with E-state index in [-0.39, 0.29) is 32.0 Å². The number of esters is 2. The molecule has 0 radical (unpaired) electrons. The van der Waals surface area contributed by atoms with Gasteiger partial charge in [0, 0.05) is 12.8 Å². The summed E-state index contributed by atoms with van der Waals surface area (Å²) in [5.74, 6) is -0.793. The molecule has 2 unspecified atom stereocenters. The summed E-state index contributed by atoms with van der Waals surface area (Å²) in [5, 5.41) is 0. The van der Waals surface area contributed by atoms with E-state index in [2.05, 4.69) is 74.6 Å². The molecular formula is C74H139NO8P+. The predicted octanol–water partition coefficient (Wildman–Crippen LogP) is 23.4. The Kier molecular flexibility index (Phi) is 63.4. The van der Waals surface area contributed by atoms with Crippen molar-refractivity contribution in [1.29, 1.82) is 0 Å². The molecule has 10 heteroatoms. The van der Waals surface area contributed by atoms with Crippen molar-refractivity contribution in [2.24, 2.45) is 0 Å². The Balaban J connectivity index is 3.91.